The van der Waals surface area contributed by atoms with Crippen molar-refractivity contribution in [2.24, 2.45) is 0 Å². The molecule has 0 unspecified atom stereocenters. The van der Waals surface area contributed by atoms with E-state index in [9.17, 15) is 4.79 Å². The largest absolute Gasteiger partial charge is 0.375 e. The number of hydrogen-bond donors (Lipinski definition) is 1. The molecule has 0 bridgehead atoms. The van der Waals surface area contributed by atoms with E-state index in [0.717, 1.165) is 5.69 Å². The number of thiazole rings is 1. The van der Waals surface area contributed by atoms with Crippen LogP contribution in [0.5, 0.6) is 0 Å². The van der Waals surface area contributed by atoms with Gasteiger partial charge in [0.25, 0.3) is 0 Å². The predicted molar refractivity (Wildman–Crippen MR) is 59.1 cm³/mol. The molecule has 2 heterocycles. The van der Waals surface area contributed by atoms with Crippen molar-refractivity contribution in [3.8, 4) is 0 Å². The van der Waals surface area contributed by atoms with E-state index in [-0.39, 0.29) is 5.69 Å². The lowest BCUT2D eigenvalue weighted by molar-refractivity contribution is 0.715. The molecule has 0 aliphatic rings. The zero-order valence-corrected chi connectivity index (χ0v) is 9.13. The Hall–Kier alpha value is -1.40. The lowest BCUT2D eigenvalue weighted by Crippen LogP contribution is -2.22. The molecule has 0 spiro atoms. The van der Waals surface area contributed by atoms with Crippen LogP contribution in [-0.2, 0) is 6.54 Å². The van der Waals surface area contributed by atoms with E-state index < -0.39 is 0 Å². The van der Waals surface area contributed by atoms with Gasteiger partial charge in [-0.05, 0) is 0 Å². The van der Waals surface area contributed by atoms with Gasteiger partial charge in [0.1, 0.15) is 0 Å². The van der Waals surface area contributed by atoms with Crippen molar-refractivity contribution in [2.75, 3.05) is 5.73 Å². The SMILES string of the molecule is Nc1nc(Cn2cc(Cl)cnc2=O)cs1. The highest BCUT2D eigenvalue weighted by atomic mass is 35.5. The Kier molecular flexibility index (Phi) is 2.70. The Morgan fingerprint density at radius 1 is 1.60 bits per heavy atom. The van der Waals surface area contributed by atoms with Gasteiger partial charge in [0.05, 0.1) is 23.5 Å². The van der Waals surface area contributed by atoms with Crippen molar-refractivity contribution in [3.63, 3.8) is 0 Å². The van der Waals surface area contributed by atoms with Crippen LogP contribution < -0.4 is 11.4 Å². The normalized spacial score (nSPS) is 10.5. The summed E-state index contributed by atoms with van der Waals surface area (Å²) in [5.74, 6) is 0. The number of rotatable bonds is 2. The molecule has 5 nitrogen and oxygen atoms in total. The molecule has 0 aromatic carbocycles. The molecule has 0 amide bonds. The van der Waals surface area contributed by atoms with E-state index in [1.54, 1.807) is 5.38 Å². The van der Waals surface area contributed by atoms with Gasteiger partial charge in [-0.3, -0.25) is 4.57 Å². The lowest BCUT2D eigenvalue weighted by atomic mass is 10.5. The first kappa shape index (κ1) is 10.1. The van der Waals surface area contributed by atoms with Crippen LogP contribution in [0.15, 0.2) is 22.6 Å². The molecule has 0 saturated carbocycles. The molecule has 15 heavy (non-hydrogen) atoms. The molecule has 2 N–H and O–H groups in total. The minimum atomic E-state index is -0.356. The van der Waals surface area contributed by atoms with Crippen LogP contribution in [0.3, 0.4) is 0 Å². The predicted octanol–water partition coefficient (Wildman–Crippen LogP) is 0.984. The van der Waals surface area contributed by atoms with E-state index in [4.69, 9.17) is 17.3 Å². The van der Waals surface area contributed by atoms with Gasteiger partial charge >= 0.3 is 5.69 Å². The number of nitrogen functional groups attached to an aromatic ring is 1. The van der Waals surface area contributed by atoms with Gasteiger partial charge in [-0.1, -0.05) is 11.6 Å². The summed E-state index contributed by atoms with van der Waals surface area (Å²) in [5, 5.41) is 2.69. The van der Waals surface area contributed by atoms with Crippen molar-refractivity contribution in [2.45, 2.75) is 6.54 Å². The molecule has 2 rings (SSSR count). The number of nitrogens with two attached hydrogens (primary N) is 1. The second-order valence-electron chi connectivity index (χ2n) is 2.86. The molecule has 0 aliphatic heterocycles. The van der Waals surface area contributed by atoms with E-state index in [1.807, 2.05) is 0 Å². The smallest absolute Gasteiger partial charge is 0.347 e. The summed E-state index contributed by atoms with van der Waals surface area (Å²) >= 11 is 7.06. The first-order valence-electron chi connectivity index (χ1n) is 4.07. The Morgan fingerprint density at radius 2 is 2.40 bits per heavy atom. The van der Waals surface area contributed by atoms with Crippen LogP contribution in [0, 0.1) is 0 Å². The quantitative estimate of drug-likeness (QED) is 0.852. The summed E-state index contributed by atoms with van der Waals surface area (Å²) in [6.07, 6.45) is 2.84. The van der Waals surface area contributed by atoms with Crippen LogP contribution >= 0.6 is 22.9 Å². The van der Waals surface area contributed by atoms with Gasteiger partial charge in [-0.25, -0.2) is 14.8 Å². The molecule has 0 saturated heterocycles. The van der Waals surface area contributed by atoms with Gasteiger partial charge in [-0.15, -0.1) is 11.3 Å². The fourth-order valence-corrected chi connectivity index (χ4v) is 1.83. The van der Waals surface area contributed by atoms with E-state index in [1.165, 1.54) is 28.3 Å². The average molecular weight is 243 g/mol. The zero-order valence-electron chi connectivity index (χ0n) is 7.55. The Bertz CT molecular complexity index is 535. The molecule has 78 valence electrons. The third kappa shape index (κ3) is 2.34. The first-order chi connectivity index (χ1) is 7.15. The summed E-state index contributed by atoms with van der Waals surface area (Å²) in [6.45, 7) is 0.333. The highest BCUT2D eigenvalue weighted by Gasteiger charge is 2.03. The highest BCUT2D eigenvalue weighted by molar-refractivity contribution is 7.13. The minimum Gasteiger partial charge on any atom is -0.375 e. The van der Waals surface area contributed by atoms with Crippen molar-refractivity contribution >= 4 is 28.1 Å². The molecule has 2 aromatic heterocycles. The monoisotopic (exact) mass is 242 g/mol. The molecular formula is C8H7ClN4OS. The standard InChI is InChI=1S/C8H7ClN4OS/c9-5-1-11-8(14)13(2-5)3-6-4-15-7(10)12-6/h1-2,4H,3H2,(H2,10,12). The second kappa shape index (κ2) is 4.00. The van der Waals surface area contributed by atoms with Crippen molar-refractivity contribution in [1.29, 1.82) is 0 Å². The number of halogens is 1. The molecular weight excluding hydrogens is 236 g/mol. The maximum absolute atomic E-state index is 11.3. The van der Waals surface area contributed by atoms with Crippen LogP contribution in [-0.4, -0.2) is 14.5 Å². The highest BCUT2D eigenvalue weighted by Crippen LogP contribution is 2.12. The van der Waals surface area contributed by atoms with Crippen molar-refractivity contribution in [3.05, 3.63) is 39.0 Å². The molecule has 0 atom stereocenters. The van der Waals surface area contributed by atoms with Gasteiger partial charge in [-0.2, -0.15) is 0 Å². The van der Waals surface area contributed by atoms with Crippen LogP contribution in [0.25, 0.3) is 0 Å². The minimum absolute atomic E-state index is 0.333. The lowest BCUT2D eigenvalue weighted by Gasteiger charge is -2.01. The van der Waals surface area contributed by atoms with Crippen LogP contribution in [0.4, 0.5) is 5.13 Å². The Labute approximate surface area is 94.2 Å². The van der Waals surface area contributed by atoms with E-state index in [0.29, 0.717) is 16.7 Å². The second-order valence-corrected chi connectivity index (χ2v) is 4.19. The van der Waals surface area contributed by atoms with Gasteiger partial charge < -0.3 is 5.73 Å². The Balaban J connectivity index is 2.31. The summed E-state index contributed by atoms with van der Waals surface area (Å²) in [4.78, 5) is 19.0. The molecule has 0 radical (unpaired) electrons. The fourth-order valence-electron chi connectivity index (χ4n) is 1.11. The third-order valence-electron chi connectivity index (χ3n) is 1.73. The van der Waals surface area contributed by atoms with Crippen LogP contribution in [0.2, 0.25) is 5.02 Å². The molecule has 0 fully saturated rings. The molecule has 0 aliphatic carbocycles. The maximum Gasteiger partial charge on any atom is 0.347 e. The van der Waals surface area contributed by atoms with Crippen molar-refractivity contribution in [1.82, 2.24) is 14.5 Å². The van der Waals surface area contributed by atoms with Gasteiger partial charge in [0, 0.05) is 11.6 Å². The van der Waals surface area contributed by atoms with Crippen LogP contribution in [0.1, 0.15) is 5.69 Å². The average Bonchev–Trinajstić information content (AvgIpc) is 2.58. The van der Waals surface area contributed by atoms with Gasteiger partial charge in [0.2, 0.25) is 0 Å². The van der Waals surface area contributed by atoms with Gasteiger partial charge in [0.15, 0.2) is 5.13 Å². The summed E-state index contributed by atoms with van der Waals surface area (Å²) in [7, 11) is 0. The Morgan fingerprint density at radius 3 is 3.07 bits per heavy atom. The molecule has 2 aromatic rings. The summed E-state index contributed by atoms with van der Waals surface area (Å²) in [6, 6.07) is 0. The van der Waals surface area contributed by atoms with E-state index in [2.05, 4.69) is 9.97 Å². The number of aromatic nitrogens is 3. The molecule has 7 heteroatoms. The number of nitrogens with zero attached hydrogens (tertiary/aromatic N) is 3. The third-order valence-corrected chi connectivity index (χ3v) is 2.64. The maximum atomic E-state index is 11.3. The van der Waals surface area contributed by atoms with E-state index >= 15 is 0 Å². The summed E-state index contributed by atoms with van der Waals surface area (Å²) < 4.78 is 1.39. The zero-order chi connectivity index (χ0) is 10.8. The first-order valence-corrected chi connectivity index (χ1v) is 5.33. The fraction of sp³-hybridized carbons (Fsp3) is 0.125. The number of hydrogen-bond acceptors (Lipinski definition) is 5. The van der Waals surface area contributed by atoms with Crippen molar-refractivity contribution < 1.29 is 0 Å². The topological polar surface area (TPSA) is 73.8 Å². The number of anilines is 1. The summed E-state index contributed by atoms with van der Waals surface area (Å²) in [5.41, 5.74) is 5.85.